The Morgan fingerprint density at radius 2 is 1.12 bits per heavy atom. The fraction of sp³-hybridized carbons (Fsp3) is 0. The minimum absolute atomic E-state index is 1.12. The molecule has 0 saturated carbocycles. The predicted octanol–water partition coefficient (Wildman–Crippen LogP) is 8.15. The number of H-pyrrole nitrogens is 2. The molecule has 0 aliphatic carbocycles. The molecule has 6 aromatic rings. The van der Waals surface area contributed by atoms with Crippen LogP contribution < -0.4 is 0 Å². The van der Waals surface area contributed by atoms with Crippen LogP contribution in [-0.4, -0.2) is 9.97 Å². The number of benzene rings is 4. The maximum Gasteiger partial charge on any atom is 0.0477 e. The monoisotopic (exact) mass is 410 g/mol. The number of aromatic nitrogens is 2. The number of hydrogen-bond donors (Lipinski definition) is 2. The van der Waals surface area contributed by atoms with Crippen LogP contribution in [0, 0.1) is 0 Å². The highest BCUT2D eigenvalue weighted by molar-refractivity contribution is 5.96. The molecule has 2 heteroatoms. The number of aromatic amines is 2. The zero-order valence-electron chi connectivity index (χ0n) is 17.5. The van der Waals surface area contributed by atoms with Crippen molar-refractivity contribution < 1.29 is 0 Å². The Morgan fingerprint density at radius 1 is 0.500 bits per heavy atom. The number of rotatable bonds is 4. The van der Waals surface area contributed by atoms with E-state index in [0.29, 0.717) is 0 Å². The maximum absolute atomic E-state index is 3.65. The molecule has 0 radical (unpaired) electrons. The molecule has 6 rings (SSSR count). The zero-order chi connectivity index (χ0) is 21.3. The molecule has 0 saturated heterocycles. The molecule has 152 valence electrons. The summed E-state index contributed by atoms with van der Waals surface area (Å²) in [5, 5.41) is 2.43. The van der Waals surface area contributed by atoms with E-state index in [9.17, 15) is 0 Å². The van der Waals surface area contributed by atoms with E-state index >= 15 is 0 Å². The van der Waals surface area contributed by atoms with Gasteiger partial charge < -0.3 is 9.97 Å². The Hall–Kier alpha value is -4.30. The summed E-state index contributed by atoms with van der Waals surface area (Å²) in [5.74, 6) is 0. The maximum atomic E-state index is 3.65. The molecule has 0 aliphatic rings. The average molecular weight is 411 g/mol. The molecule has 0 atom stereocenters. The normalized spacial score (nSPS) is 11.6. The second-order valence-corrected chi connectivity index (χ2v) is 8.05. The smallest absolute Gasteiger partial charge is 0.0477 e. The quantitative estimate of drug-likeness (QED) is 0.275. The van der Waals surface area contributed by atoms with Crippen molar-refractivity contribution in [1.29, 1.82) is 0 Å². The molecular formula is C30H22N2. The minimum atomic E-state index is 1.12. The summed E-state index contributed by atoms with van der Waals surface area (Å²) < 4.78 is 0. The second-order valence-electron chi connectivity index (χ2n) is 8.05. The fourth-order valence-electron chi connectivity index (χ4n) is 4.41. The van der Waals surface area contributed by atoms with E-state index in [-0.39, 0.29) is 0 Å². The molecule has 0 bridgehead atoms. The first-order valence-electron chi connectivity index (χ1n) is 10.9. The number of fused-ring (bicyclic) bond motifs is 2. The second kappa shape index (κ2) is 7.75. The molecule has 2 N–H and O–H groups in total. The highest BCUT2D eigenvalue weighted by Gasteiger charge is 2.15. The van der Waals surface area contributed by atoms with Gasteiger partial charge in [0.1, 0.15) is 0 Å². The summed E-state index contributed by atoms with van der Waals surface area (Å²) in [6.07, 6.45) is 4.39. The Bertz CT molecular complexity index is 1500. The Kier molecular flexibility index (Phi) is 4.47. The lowest BCUT2D eigenvalue weighted by Crippen LogP contribution is -1.90. The Balaban J connectivity index is 1.57. The van der Waals surface area contributed by atoms with E-state index in [2.05, 4.69) is 125 Å². The minimum Gasteiger partial charge on any atom is -0.355 e. The van der Waals surface area contributed by atoms with Gasteiger partial charge in [-0.1, -0.05) is 97.1 Å². The van der Waals surface area contributed by atoms with Gasteiger partial charge in [0.25, 0.3) is 0 Å². The standard InChI is InChI=1S/C30H22N2/c1-2-9-21(10-3-1)17-18-22-13-8-14-25(28-19-23-11-4-6-15-26(23)31-28)30(22)29-20-24-12-5-7-16-27(24)32-29/h1-20,31-32H. The van der Waals surface area contributed by atoms with Crippen molar-refractivity contribution in [3.63, 3.8) is 0 Å². The summed E-state index contributed by atoms with van der Waals surface area (Å²) in [4.78, 5) is 7.27. The third-order valence-corrected chi connectivity index (χ3v) is 5.97. The SMILES string of the molecule is C(=Cc1cccc(-c2cc3ccccc3[nH]2)c1-c1cc2ccccc2[nH]1)c1ccccc1. The van der Waals surface area contributed by atoms with Crippen molar-refractivity contribution in [1.82, 2.24) is 9.97 Å². The molecule has 0 aliphatic heterocycles. The van der Waals surface area contributed by atoms with Crippen molar-refractivity contribution in [3.05, 3.63) is 120 Å². The van der Waals surface area contributed by atoms with Crippen LogP contribution in [0.15, 0.2) is 109 Å². The van der Waals surface area contributed by atoms with Crippen molar-refractivity contribution in [2.45, 2.75) is 0 Å². The fourth-order valence-corrected chi connectivity index (χ4v) is 4.41. The van der Waals surface area contributed by atoms with Crippen LogP contribution in [0.4, 0.5) is 0 Å². The summed E-state index contributed by atoms with van der Waals surface area (Å²) in [5.41, 5.74) is 9.28. The molecule has 0 amide bonds. The first-order valence-corrected chi connectivity index (χ1v) is 10.9. The zero-order valence-corrected chi connectivity index (χ0v) is 17.5. The lowest BCUT2D eigenvalue weighted by molar-refractivity contribution is 1.41. The van der Waals surface area contributed by atoms with Gasteiger partial charge in [0.2, 0.25) is 0 Å². The third kappa shape index (κ3) is 3.32. The van der Waals surface area contributed by atoms with Crippen LogP contribution >= 0.6 is 0 Å². The van der Waals surface area contributed by atoms with E-state index in [1.54, 1.807) is 0 Å². The van der Waals surface area contributed by atoms with Gasteiger partial charge in [-0.05, 0) is 35.4 Å². The summed E-state index contributed by atoms with van der Waals surface area (Å²) in [6, 6.07) is 38.3. The van der Waals surface area contributed by atoms with Gasteiger partial charge in [0, 0.05) is 44.3 Å². The summed E-state index contributed by atoms with van der Waals surface area (Å²) in [6.45, 7) is 0. The number of nitrogens with one attached hydrogen (secondary N) is 2. The van der Waals surface area contributed by atoms with E-state index < -0.39 is 0 Å². The van der Waals surface area contributed by atoms with E-state index in [1.165, 1.54) is 33.0 Å². The van der Waals surface area contributed by atoms with Crippen LogP contribution in [0.3, 0.4) is 0 Å². The van der Waals surface area contributed by atoms with Gasteiger partial charge in [-0.15, -0.1) is 0 Å². The summed E-state index contributed by atoms with van der Waals surface area (Å²) >= 11 is 0. The number of para-hydroxylation sites is 2. The first kappa shape index (κ1) is 18.5. The van der Waals surface area contributed by atoms with Crippen LogP contribution in [-0.2, 0) is 0 Å². The molecule has 4 aromatic carbocycles. The number of hydrogen-bond acceptors (Lipinski definition) is 0. The van der Waals surface area contributed by atoms with Crippen molar-refractivity contribution in [2.24, 2.45) is 0 Å². The van der Waals surface area contributed by atoms with Gasteiger partial charge in [0.15, 0.2) is 0 Å². The largest absolute Gasteiger partial charge is 0.355 e. The molecule has 2 heterocycles. The Labute approximate surface area is 186 Å². The van der Waals surface area contributed by atoms with Crippen LogP contribution in [0.2, 0.25) is 0 Å². The highest BCUT2D eigenvalue weighted by Crippen LogP contribution is 2.37. The van der Waals surface area contributed by atoms with Crippen LogP contribution in [0.25, 0.3) is 56.5 Å². The van der Waals surface area contributed by atoms with Gasteiger partial charge in [-0.3, -0.25) is 0 Å². The molecule has 0 spiro atoms. The lowest BCUT2D eigenvalue weighted by atomic mass is 9.95. The predicted molar refractivity (Wildman–Crippen MR) is 136 cm³/mol. The van der Waals surface area contributed by atoms with Crippen molar-refractivity contribution in [3.8, 4) is 22.5 Å². The van der Waals surface area contributed by atoms with Gasteiger partial charge in [-0.2, -0.15) is 0 Å². The van der Waals surface area contributed by atoms with Crippen molar-refractivity contribution >= 4 is 34.0 Å². The highest BCUT2D eigenvalue weighted by atomic mass is 14.7. The van der Waals surface area contributed by atoms with Gasteiger partial charge >= 0.3 is 0 Å². The summed E-state index contributed by atoms with van der Waals surface area (Å²) in [7, 11) is 0. The van der Waals surface area contributed by atoms with Gasteiger partial charge in [-0.25, -0.2) is 0 Å². The molecule has 0 fully saturated rings. The van der Waals surface area contributed by atoms with E-state index in [0.717, 1.165) is 22.4 Å². The molecule has 2 aromatic heterocycles. The van der Waals surface area contributed by atoms with Crippen molar-refractivity contribution in [2.75, 3.05) is 0 Å². The topological polar surface area (TPSA) is 31.6 Å². The molecule has 2 nitrogen and oxygen atoms in total. The molecule has 32 heavy (non-hydrogen) atoms. The lowest BCUT2D eigenvalue weighted by Gasteiger charge is -2.11. The average Bonchev–Trinajstić information content (AvgIpc) is 3.47. The molecular weight excluding hydrogens is 388 g/mol. The van der Waals surface area contributed by atoms with E-state index in [4.69, 9.17) is 0 Å². The van der Waals surface area contributed by atoms with Crippen LogP contribution in [0.5, 0.6) is 0 Å². The molecule has 0 unspecified atom stereocenters. The Morgan fingerprint density at radius 3 is 1.84 bits per heavy atom. The third-order valence-electron chi connectivity index (χ3n) is 5.97. The van der Waals surface area contributed by atoms with Crippen LogP contribution in [0.1, 0.15) is 11.1 Å². The van der Waals surface area contributed by atoms with E-state index in [1.807, 2.05) is 6.07 Å². The van der Waals surface area contributed by atoms with Gasteiger partial charge in [0.05, 0.1) is 0 Å². The first-order chi connectivity index (χ1) is 15.8.